The van der Waals surface area contributed by atoms with Crippen LogP contribution in [-0.4, -0.2) is 6.04 Å². The van der Waals surface area contributed by atoms with Gasteiger partial charge in [-0.3, -0.25) is 0 Å². The second-order valence-corrected chi connectivity index (χ2v) is 6.68. The summed E-state index contributed by atoms with van der Waals surface area (Å²) in [5.74, 6) is 0. The Morgan fingerprint density at radius 2 is 1.82 bits per heavy atom. The molecule has 1 aliphatic rings. The molecule has 0 atom stereocenters. The molecule has 3 heteroatoms. The van der Waals surface area contributed by atoms with Gasteiger partial charge in [-0.25, -0.2) is 0 Å². The van der Waals surface area contributed by atoms with Crippen LogP contribution in [-0.2, 0) is 0 Å². The van der Waals surface area contributed by atoms with Crippen molar-refractivity contribution in [1.82, 2.24) is 0 Å². The summed E-state index contributed by atoms with van der Waals surface area (Å²) in [5, 5.41) is 12.4. The lowest BCUT2D eigenvalue weighted by atomic mass is 10.0. The van der Waals surface area contributed by atoms with Crippen LogP contribution in [0.3, 0.4) is 0 Å². The lowest BCUT2D eigenvalue weighted by Crippen LogP contribution is -2.09. The second-order valence-electron chi connectivity index (χ2n) is 5.83. The van der Waals surface area contributed by atoms with Crippen molar-refractivity contribution < 1.29 is 0 Å². The Kier molecular flexibility index (Phi) is 2.74. The molecule has 1 saturated carbocycles. The van der Waals surface area contributed by atoms with Crippen molar-refractivity contribution in [2.75, 3.05) is 5.32 Å². The van der Waals surface area contributed by atoms with Gasteiger partial charge in [-0.2, -0.15) is 5.26 Å². The third-order valence-corrected chi connectivity index (χ3v) is 5.08. The first-order chi connectivity index (χ1) is 7.80. The minimum Gasteiger partial charge on any atom is -0.381 e. The predicted octanol–water partition coefficient (Wildman–Crippen LogP) is 4.17. The first-order valence-electron chi connectivity index (χ1n) is 5.77. The van der Waals surface area contributed by atoms with E-state index in [2.05, 4.69) is 55.0 Å². The summed E-state index contributed by atoms with van der Waals surface area (Å²) in [6.45, 7) is 9.12. The minimum atomic E-state index is 0.313. The first-order valence-corrected chi connectivity index (χ1v) is 6.56. The fraction of sp³-hybridized carbons (Fsp3) is 0.500. The van der Waals surface area contributed by atoms with E-state index in [0.29, 0.717) is 22.4 Å². The Bertz CT molecular complexity index is 483. The predicted molar refractivity (Wildman–Crippen MR) is 73.8 cm³/mol. The molecule has 17 heavy (non-hydrogen) atoms. The van der Waals surface area contributed by atoms with Crippen molar-refractivity contribution in [3.05, 3.63) is 28.2 Å². The van der Waals surface area contributed by atoms with Gasteiger partial charge in [-0.05, 0) is 45.0 Å². The Morgan fingerprint density at radius 3 is 2.24 bits per heavy atom. The van der Waals surface area contributed by atoms with Gasteiger partial charge in [0, 0.05) is 16.2 Å². The van der Waals surface area contributed by atoms with Crippen LogP contribution in [0.25, 0.3) is 0 Å². The summed E-state index contributed by atoms with van der Waals surface area (Å²) in [5.41, 5.74) is 2.37. The Hall–Kier alpha value is -1.01. The van der Waals surface area contributed by atoms with Gasteiger partial charge in [0.2, 0.25) is 0 Å². The normalized spacial score (nSPS) is 20.7. The Labute approximate surface area is 111 Å². The molecule has 1 N–H and O–H groups in total. The Balaban J connectivity index is 2.18. The number of nitriles is 1. The van der Waals surface area contributed by atoms with Crippen molar-refractivity contribution in [2.24, 2.45) is 10.8 Å². The van der Waals surface area contributed by atoms with Crippen molar-refractivity contribution in [2.45, 2.75) is 33.7 Å². The van der Waals surface area contributed by atoms with E-state index in [1.165, 1.54) is 0 Å². The molecule has 1 fully saturated rings. The number of hydrogen-bond acceptors (Lipinski definition) is 2. The molecule has 0 heterocycles. The molecule has 0 aromatic heterocycles. The third kappa shape index (κ3) is 1.85. The fourth-order valence-corrected chi connectivity index (χ4v) is 2.89. The monoisotopic (exact) mass is 292 g/mol. The van der Waals surface area contributed by atoms with Crippen LogP contribution in [0.15, 0.2) is 22.7 Å². The minimum absolute atomic E-state index is 0.313. The van der Waals surface area contributed by atoms with Crippen molar-refractivity contribution in [1.29, 1.82) is 5.26 Å². The summed E-state index contributed by atoms with van der Waals surface area (Å²) < 4.78 is 0.848. The largest absolute Gasteiger partial charge is 0.381 e. The van der Waals surface area contributed by atoms with Gasteiger partial charge >= 0.3 is 0 Å². The Morgan fingerprint density at radius 1 is 1.24 bits per heavy atom. The smallest absolute Gasteiger partial charge is 0.100 e. The van der Waals surface area contributed by atoms with Crippen LogP contribution < -0.4 is 5.32 Å². The number of nitrogens with one attached hydrogen (secondary N) is 1. The average Bonchev–Trinajstić information content (AvgIpc) is 2.61. The summed E-state index contributed by atoms with van der Waals surface area (Å²) in [6.07, 6.45) is 0. The number of anilines is 1. The van der Waals surface area contributed by atoms with Crippen LogP contribution in [0.4, 0.5) is 5.69 Å². The van der Waals surface area contributed by atoms with Crippen LogP contribution in [0.1, 0.15) is 33.3 Å². The second kappa shape index (κ2) is 3.74. The average molecular weight is 293 g/mol. The van der Waals surface area contributed by atoms with E-state index in [4.69, 9.17) is 5.26 Å². The van der Waals surface area contributed by atoms with Crippen LogP contribution in [0.5, 0.6) is 0 Å². The molecular weight excluding hydrogens is 276 g/mol. The van der Waals surface area contributed by atoms with Gasteiger partial charge in [-0.1, -0.05) is 27.7 Å². The maximum atomic E-state index is 8.87. The zero-order valence-corrected chi connectivity index (χ0v) is 12.2. The van der Waals surface area contributed by atoms with E-state index in [1.54, 1.807) is 0 Å². The first kappa shape index (κ1) is 12.4. The molecule has 0 aliphatic heterocycles. The number of benzene rings is 1. The highest BCUT2D eigenvalue weighted by Gasteiger charge is 2.64. The summed E-state index contributed by atoms with van der Waals surface area (Å²) in [7, 11) is 0. The summed E-state index contributed by atoms with van der Waals surface area (Å²) in [4.78, 5) is 0. The molecule has 1 aliphatic carbocycles. The molecule has 90 valence electrons. The molecule has 0 amide bonds. The lowest BCUT2D eigenvalue weighted by Gasteiger charge is -2.09. The van der Waals surface area contributed by atoms with Crippen molar-refractivity contribution in [3.63, 3.8) is 0 Å². The highest BCUT2D eigenvalue weighted by molar-refractivity contribution is 9.10. The van der Waals surface area contributed by atoms with E-state index in [9.17, 15) is 0 Å². The zero-order valence-electron chi connectivity index (χ0n) is 10.6. The topological polar surface area (TPSA) is 35.8 Å². The maximum Gasteiger partial charge on any atom is 0.100 e. The third-order valence-electron chi connectivity index (χ3n) is 4.42. The quantitative estimate of drug-likeness (QED) is 0.888. The zero-order chi connectivity index (χ0) is 12.8. The lowest BCUT2D eigenvalue weighted by molar-refractivity contribution is 0.457. The van der Waals surface area contributed by atoms with Gasteiger partial charge in [0.1, 0.15) is 6.07 Å². The molecule has 2 nitrogen and oxygen atoms in total. The van der Waals surface area contributed by atoms with E-state index < -0.39 is 0 Å². The van der Waals surface area contributed by atoms with E-state index in [1.807, 2.05) is 18.2 Å². The highest BCUT2D eigenvalue weighted by Crippen LogP contribution is 2.63. The summed E-state index contributed by atoms with van der Waals surface area (Å²) >= 11 is 3.41. The number of nitrogens with zero attached hydrogens (tertiary/aromatic N) is 1. The van der Waals surface area contributed by atoms with E-state index in [-0.39, 0.29) is 0 Å². The van der Waals surface area contributed by atoms with Crippen LogP contribution in [0.2, 0.25) is 0 Å². The van der Waals surface area contributed by atoms with Gasteiger partial charge in [0.05, 0.1) is 5.56 Å². The SMILES string of the molecule is CC1(C)C(Nc2ccc(C#N)c(Br)c2)C1(C)C. The molecule has 0 unspecified atom stereocenters. The van der Waals surface area contributed by atoms with Crippen molar-refractivity contribution >= 4 is 21.6 Å². The molecule has 0 spiro atoms. The molecule has 1 aromatic carbocycles. The molecule has 0 radical (unpaired) electrons. The molecular formula is C14H17BrN2. The number of hydrogen-bond donors (Lipinski definition) is 1. The summed E-state index contributed by atoms with van der Waals surface area (Å²) in [6, 6.07) is 8.41. The van der Waals surface area contributed by atoms with Gasteiger partial charge in [0.25, 0.3) is 0 Å². The standard InChI is InChI=1S/C14H17BrN2/c1-13(2)12(14(13,3)4)17-10-6-5-9(8-16)11(15)7-10/h5-7,12,17H,1-4H3. The number of rotatable bonds is 2. The van der Waals surface area contributed by atoms with Gasteiger partial charge in [0.15, 0.2) is 0 Å². The van der Waals surface area contributed by atoms with Gasteiger partial charge in [-0.15, -0.1) is 0 Å². The van der Waals surface area contributed by atoms with E-state index >= 15 is 0 Å². The number of halogens is 1. The van der Waals surface area contributed by atoms with Crippen LogP contribution in [0, 0.1) is 22.2 Å². The van der Waals surface area contributed by atoms with Crippen LogP contribution >= 0.6 is 15.9 Å². The van der Waals surface area contributed by atoms with E-state index in [0.717, 1.165) is 10.2 Å². The van der Waals surface area contributed by atoms with Gasteiger partial charge < -0.3 is 5.32 Å². The van der Waals surface area contributed by atoms with Crippen molar-refractivity contribution in [3.8, 4) is 6.07 Å². The maximum absolute atomic E-state index is 8.87. The molecule has 2 rings (SSSR count). The highest BCUT2D eigenvalue weighted by atomic mass is 79.9. The fourth-order valence-electron chi connectivity index (χ4n) is 2.42. The molecule has 0 saturated heterocycles. The molecule has 1 aromatic rings. The molecule has 0 bridgehead atoms.